The molecule has 2 aliphatic heterocycles. The summed E-state index contributed by atoms with van der Waals surface area (Å²) in [6.45, 7) is 1.19. The molecule has 0 radical (unpaired) electrons. The summed E-state index contributed by atoms with van der Waals surface area (Å²) in [5, 5.41) is 0.682. The average Bonchev–Trinajstić information content (AvgIpc) is 3.36. The number of para-hydroxylation sites is 1. The Kier molecular flexibility index (Phi) is 4.90. The lowest BCUT2D eigenvalue weighted by Gasteiger charge is -2.22. The van der Waals surface area contributed by atoms with Crippen molar-refractivity contribution in [2.75, 3.05) is 30.1 Å². The summed E-state index contributed by atoms with van der Waals surface area (Å²) < 4.78 is 10.5. The van der Waals surface area contributed by atoms with Crippen molar-refractivity contribution in [3.8, 4) is 0 Å². The predicted octanol–water partition coefficient (Wildman–Crippen LogP) is 5.55. The molecule has 6 rings (SSSR count). The standard InChI is InChI=1S/C27H23ClN2O4/c1-33-16-17-12-20(29-10-11-34-26(29)32)14-21(13-17)30-24-5-3-2-4-22(24)27(25(30)31)15-23(27)18-6-8-19(28)9-7-18/h2-9,12-14,23H,10-11,15-16H2,1H3. The Hall–Kier alpha value is -3.35. The molecule has 0 bridgehead atoms. The van der Waals surface area contributed by atoms with E-state index in [-0.39, 0.29) is 17.9 Å². The number of methoxy groups -OCH3 is 1. The minimum Gasteiger partial charge on any atom is -0.447 e. The van der Waals surface area contributed by atoms with Crippen LogP contribution in [0.25, 0.3) is 0 Å². The zero-order valence-electron chi connectivity index (χ0n) is 18.7. The molecule has 2 amide bonds. The molecule has 3 aromatic carbocycles. The highest BCUT2D eigenvalue weighted by Gasteiger charge is 2.67. The van der Waals surface area contributed by atoms with Crippen LogP contribution in [0.1, 0.15) is 29.0 Å². The van der Waals surface area contributed by atoms with Crippen molar-refractivity contribution in [1.29, 1.82) is 0 Å². The Morgan fingerprint density at radius 2 is 1.82 bits per heavy atom. The lowest BCUT2D eigenvalue weighted by atomic mass is 9.92. The number of benzene rings is 3. The van der Waals surface area contributed by atoms with Gasteiger partial charge in [0.05, 0.1) is 29.9 Å². The number of halogens is 1. The van der Waals surface area contributed by atoms with Crippen LogP contribution in [0.4, 0.5) is 21.9 Å². The molecule has 7 heteroatoms. The highest BCUT2D eigenvalue weighted by molar-refractivity contribution is 6.30. The Balaban J connectivity index is 1.45. The number of hydrogen-bond donors (Lipinski definition) is 0. The second-order valence-electron chi connectivity index (χ2n) is 8.99. The van der Waals surface area contributed by atoms with Crippen LogP contribution in [0.5, 0.6) is 0 Å². The van der Waals surface area contributed by atoms with Gasteiger partial charge >= 0.3 is 6.09 Å². The minimum absolute atomic E-state index is 0.0539. The Bertz CT molecular complexity index is 1310. The minimum atomic E-state index is -0.589. The third-order valence-corrected chi connectivity index (χ3v) is 7.30. The molecule has 2 atom stereocenters. The number of carbonyl (C=O) groups excluding carboxylic acids is 2. The van der Waals surface area contributed by atoms with E-state index in [4.69, 9.17) is 21.1 Å². The highest BCUT2D eigenvalue weighted by atomic mass is 35.5. The first kappa shape index (κ1) is 21.2. The number of fused-ring (bicyclic) bond motifs is 2. The molecule has 1 spiro atoms. The van der Waals surface area contributed by atoms with Crippen molar-refractivity contribution in [2.45, 2.75) is 24.4 Å². The quantitative estimate of drug-likeness (QED) is 0.486. The van der Waals surface area contributed by atoms with Gasteiger partial charge in [-0.2, -0.15) is 0 Å². The van der Waals surface area contributed by atoms with E-state index in [1.807, 2.05) is 60.7 Å². The van der Waals surface area contributed by atoms with E-state index in [9.17, 15) is 9.59 Å². The normalized spacial score (nSPS) is 22.9. The Labute approximate surface area is 202 Å². The highest BCUT2D eigenvalue weighted by Crippen LogP contribution is 2.67. The summed E-state index contributed by atoms with van der Waals surface area (Å²) in [5.41, 5.74) is 4.75. The molecule has 2 fully saturated rings. The average molecular weight is 475 g/mol. The van der Waals surface area contributed by atoms with Crippen LogP contribution in [-0.2, 0) is 26.3 Å². The first-order valence-electron chi connectivity index (χ1n) is 11.3. The third-order valence-electron chi connectivity index (χ3n) is 7.05. The lowest BCUT2D eigenvalue weighted by Crippen LogP contribution is -2.30. The van der Waals surface area contributed by atoms with Crippen LogP contribution in [-0.4, -0.2) is 32.3 Å². The molecule has 3 aliphatic rings. The van der Waals surface area contributed by atoms with Crippen LogP contribution < -0.4 is 9.80 Å². The van der Waals surface area contributed by atoms with Crippen molar-refractivity contribution in [3.63, 3.8) is 0 Å². The number of amides is 2. The fourth-order valence-electron chi connectivity index (χ4n) is 5.44. The second-order valence-corrected chi connectivity index (χ2v) is 9.43. The van der Waals surface area contributed by atoms with Gasteiger partial charge in [-0.3, -0.25) is 14.6 Å². The second kappa shape index (κ2) is 7.86. The SMILES string of the molecule is COCc1cc(N2CCOC2=O)cc(N2C(=O)C3(CC3c3ccc(Cl)cc3)c3ccccc32)c1. The molecule has 1 saturated heterocycles. The number of hydrogen-bond acceptors (Lipinski definition) is 4. The maximum atomic E-state index is 14.1. The number of rotatable bonds is 5. The lowest BCUT2D eigenvalue weighted by molar-refractivity contribution is -0.119. The van der Waals surface area contributed by atoms with E-state index in [1.54, 1.807) is 16.9 Å². The molecule has 172 valence electrons. The molecule has 1 saturated carbocycles. The van der Waals surface area contributed by atoms with Gasteiger partial charge in [0.25, 0.3) is 0 Å². The van der Waals surface area contributed by atoms with Gasteiger partial charge in [-0.25, -0.2) is 4.79 Å². The number of anilines is 3. The topological polar surface area (TPSA) is 59.1 Å². The first-order valence-corrected chi connectivity index (χ1v) is 11.7. The van der Waals surface area contributed by atoms with E-state index in [1.165, 1.54) is 0 Å². The molecular formula is C27H23ClN2O4. The van der Waals surface area contributed by atoms with E-state index in [0.717, 1.165) is 34.5 Å². The van der Waals surface area contributed by atoms with Crippen LogP contribution in [0, 0.1) is 0 Å². The summed E-state index contributed by atoms with van der Waals surface area (Å²) in [7, 11) is 1.63. The van der Waals surface area contributed by atoms with E-state index >= 15 is 0 Å². The molecule has 2 heterocycles. The summed E-state index contributed by atoms with van der Waals surface area (Å²) in [4.78, 5) is 29.8. The van der Waals surface area contributed by atoms with Gasteiger partial charge in [-0.1, -0.05) is 41.9 Å². The van der Waals surface area contributed by atoms with Crippen LogP contribution in [0.15, 0.2) is 66.7 Å². The fraction of sp³-hybridized carbons (Fsp3) is 0.259. The Morgan fingerprint density at radius 1 is 1.06 bits per heavy atom. The third kappa shape index (κ3) is 3.13. The van der Waals surface area contributed by atoms with E-state index in [2.05, 4.69) is 6.07 Å². The zero-order chi connectivity index (χ0) is 23.4. The van der Waals surface area contributed by atoms with Crippen molar-refractivity contribution < 1.29 is 19.1 Å². The van der Waals surface area contributed by atoms with Crippen molar-refractivity contribution in [3.05, 3.63) is 88.4 Å². The summed E-state index contributed by atoms with van der Waals surface area (Å²) in [6.07, 6.45) is 0.375. The monoisotopic (exact) mass is 474 g/mol. The van der Waals surface area contributed by atoms with Crippen LogP contribution in [0.2, 0.25) is 5.02 Å². The Morgan fingerprint density at radius 3 is 2.56 bits per heavy atom. The maximum absolute atomic E-state index is 14.1. The molecule has 3 aromatic rings. The summed E-state index contributed by atoms with van der Waals surface area (Å²) in [6, 6.07) is 21.5. The smallest absolute Gasteiger partial charge is 0.414 e. The van der Waals surface area contributed by atoms with Gasteiger partial charge in [-0.05, 0) is 59.5 Å². The number of carbonyl (C=O) groups is 2. The predicted molar refractivity (Wildman–Crippen MR) is 130 cm³/mol. The fourth-order valence-corrected chi connectivity index (χ4v) is 5.57. The van der Waals surface area contributed by atoms with Crippen LogP contribution in [0.3, 0.4) is 0 Å². The molecule has 34 heavy (non-hydrogen) atoms. The molecule has 0 aromatic heterocycles. The first-order chi connectivity index (χ1) is 16.5. The van der Waals surface area contributed by atoms with Gasteiger partial charge in [0.2, 0.25) is 5.91 Å². The van der Waals surface area contributed by atoms with E-state index < -0.39 is 5.41 Å². The number of nitrogens with zero attached hydrogens (tertiary/aromatic N) is 2. The molecule has 0 N–H and O–H groups in total. The van der Waals surface area contributed by atoms with Crippen molar-refractivity contribution in [2.24, 2.45) is 0 Å². The van der Waals surface area contributed by atoms with Gasteiger partial charge in [0.15, 0.2) is 0 Å². The molecule has 2 unspecified atom stereocenters. The van der Waals surface area contributed by atoms with Gasteiger partial charge in [0, 0.05) is 23.7 Å². The summed E-state index contributed by atoms with van der Waals surface area (Å²) in [5.74, 6) is 0.150. The van der Waals surface area contributed by atoms with Crippen LogP contribution >= 0.6 is 11.6 Å². The maximum Gasteiger partial charge on any atom is 0.414 e. The van der Waals surface area contributed by atoms with E-state index in [0.29, 0.717) is 30.5 Å². The molecule has 6 nitrogen and oxygen atoms in total. The number of cyclic esters (lactones) is 1. The largest absolute Gasteiger partial charge is 0.447 e. The van der Waals surface area contributed by atoms with Gasteiger partial charge in [0.1, 0.15) is 6.61 Å². The van der Waals surface area contributed by atoms with Crippen molar-refractivity contribution in [1.82, 2.24) is 0 Å². The number of ether oxygens (including phenoxy) is 2. The van der Waals surface area contributed by atoms with Gasteiger partial charge in [-0.15, -0.1) is 0 Å². The van der Waals surface area contributed by atoms with Crippen molar-refractivity contribution >= 4 is 40.7 Å². The molecular weight excluding hydrogens is 452 g/mol. The zero-order valence-corrected chi connectivity index (χ0v) is 19.4. The molecule has 1 aliphatic carbocycles. The summed E-state index contributed by atoms with van der Waals surface area (Å²) >= 11 is 6.10. The van der Waals surface area contributed by atoms with Gasteiger partial charge < -0.3 is 9.47 Å².